The molecule has 1 fully saturated rings. The third-order valence-electron chi connectivity index (χ3n) is 9.70. The highest BCUT2D eigenvalue weighted by molar-refractivity contribution is 14.1. The lowest BCUT2D eigenvalue weighted by molar-refractivity contribution is -0.309. The van der Waals surface area contributed by atoms with Crippen molar-refractivity contribution in [2.24, 2.45) is 23.7 Å². The summed E-state index contributed by atoms with van der Waals surface area (Å²) in [4.78, 5) is 53.3. The molecule has 0 bridgehead atoms. The number of likely N-dealkylation sites (N-methyl/N-ethyl adjacent to an activating group) is 1. The monoisotopic (exact) mass is 837 g/mol. The maximum absolute atomic E-state index is 13.6. The number of ketones is 1. The van der Waals surface area contributed by atoms with Crippen LogP contribution in [0.2, 0.25) is 0 Å². The molecule has 2 aliphatic heterocycles. The molecule has 0 spiro atoms. The van der Waals surface area contributed by atoms with Crippen molar-refractivity contribution in [2.75, 3.05) is 32.7 Å². The van der Waals surface area contributed by atoms with E-state index in [1.54, 1.807) is 45.0 Å². The van der Waals surface area contributed by atoms with Crippen molar-refractivity contribution in [3.63, 3.8) is 0 Å². The van der Waals surface area contributed by atoms with Gasteiger partial charge in [0.25, 0.3) is 0 Å². The number of halogens is 1. The van der Waals surface area contributed by atoms with Gasteiger partial charge in [-0.3, -0.25) is 24.1 Å². The fourth-order valence-corrected chi connectivity index (χ4v) is 7.76. The first-order chi connectivity index (χ1) is 24.0. The second-order valence-corrected chi connectivity index (χ2v) is 14.9. The molecule has 2 heterocycles. The molecule has 2 rings (SSSR count). The van der Waals surface area contributed by atoms with Gasteiger partial charge in [-0.2, -0.15) is 0 Å². The number of esters is 3. The minimum absolute atomic E-state index is 0.0937. The first-order valence-electron chi connectivity index (χ1n) is 17.7. The molecule has 0 aromatic rings. The quantitative estimate of drug-likeness (QED) is 0.103. The third kappa shape index (κ3) is 13.4. The van der Waals surface area contributed by atoms with E-state index in [1.807, 2.05) is 26.8 Å². The second-order valence-electron chi connectivity index (χ2n) is 14.0. The number of carbonyl (C=O) groups excluding carboxylic acids is 4. The molecule has 0 aromatic carbocycles. The Morgan fingerprint density at radius 3 is 2.16 bits per heavy atom. The predicted octanol–water partition coefficient (Wildman–Crippen LogP) is 4.41. The van der Waals surface area contributed by atoms with Crippen LogP contribution in [-0.4, -0.2) is 122 Å². The van der Waals surface area contributed by atoms with E-state index in [4.69, 9.17) is 33.2 Å². The van der Waals surface area contributed by atoms with Gasteiger partial charge in [-0.1, -0.05) is 61.1 Å². The molecular weight excluding hydrogens is 777 g/mol. The predicted molar refractivity (Wildman–Crippen MR) is 198 cm³/mol. The second kappa shape index (κ2) is 21.7. The Balaban J connectivity index is 2.73. The molecule has 12 atom stereocenters. The van der Waals surface area contributed by atoms with Crippen molar-refractivity contribution in [3.05, 3.63) is 23.8 Å². The minimum atomic E-state index is -1.23. The summed E-state index contributed by atoms with van der Waals surface area (Å²) in [5.41, 5.74) is 0.867. The molecule has 292 valence electrons. The molecule has 0 amide bonds. The maximum Gasteiger partial charge on any atom is 0.308 e. The minimum Gasteiger partial charge on any atom is -0.462 e. The maximum atomic E-state index is 13.6. The van der Waals surface area contributed by atoms with Crippen LogP contribution < -0.4 is 0 Å². The van der Waals surface area contributed by atoms with E-state index in [2.05, 4.69) is 22.6 Å². The largest absolute Gasteiger partial charge is 0.462 e. The van der Waals surface area contributed by atoms with Crippen LogP contribution in [0.25, 0.3) is 0 Å². The van der Waals surface area contributed by atoms with E-state index in [9.17, 15) is 24.3 Å². The van der Waals surface area contributed by atoms with Gasteiger partial charge in [0.1, 0.15) is 12.2 Å². The summed E-state index contributed by atoms with van der Waals surface area (Å²) in [5, 5.41) is 11.7. The number of aliphatic hydroxyl groups is 1. The number of hydrogen-bond acceptors (Lipinski definition) is 13. The van der Waals surface area contributed by atoms with Crippen LogP contribution in [0.15, 0.2) is 23.8 Å². The van der Waals surface area contributed by atoms with Crippen molar-refractivity contribution in [2.45, 2.75) is 129 Å². The van der Waals surface area contributed by atoms with Gasteiger partial charge in [-0.05, 0) is 52.8 Å². The summed E-state index contributed by atoms with van der Waals surface area (Å²) in [5.74, 6) is -3.58. The number of alkyl halides is 1. The van der Waals surface area contributed by atoms with Crippen LogP contribution in [0.4, 0.5) is 0 Å². The van der Waals surface area contributed by atoms with Crippen LogP contribution in [-0.2, 0) is 52.3 Å². The van der Waals surface area contributed by atoms with Crippen LogP contribution in [0.1, 0.15) is 74.1 Å². The number of cyclic esters (lactones) is 1. The Labute approximate surface area is 317 Å². The summed E-state index contributed by atoms with van der Waals surface area (Å²) in [6, 6.07) is -0.671. The molecule has 1 saturated heterocycles. The van der Waals surface area contributed by atoms with Crippen LogP contribution in [0.5, 0.6) is 0 Å². The van der Waals surface area contributed by atoms with E-state index in [0.717, 1.165) is 5.57 Å². The number of ether oxygens (including phenoxy) is 7. The number of hydrogen-bond donors (Lipinski definition) is 1. The summed E-state index contributed by atoms with van der Waals surface area (Å²) >= 11 is 2.26. The number of allylic oxidation sites excluding steroid dienone is 3. The van der Waals surface area contributed by atoms with E-state index in [1.165, 1.54) is 28.1 Å². The molecule has 13 nitrogen and oxygen atoms in total. The van der Waals surface area contributed by atoms with Gasteiger partial charge in [-0.15, -0.1) is 0 Å². The van der Waals surface area contributed by atoms with Crippen LogP contribution in [0, 0.1) is 23.7 Å². The van der Waals surface area contributed by atoms with Gasteiger partial charge < -0.3 is 38.3 Å². The molecular formula is C37H60INO12. The first-order valence-corrected chi connectivity index (χ1v) is 19.2. The summed E-state index contributed by atoms with van der Waals surface area (Å²) in [7, 11) is 6.55. The number of methoxy groups -OCH3 is 2. The van der Waals surface area contributed by atoms with Crippen molar-refractivity contribution in [1.29, 1.82) is 0 Å². The SMILES string of the molecule is CC[C@H]1OC(=O)C[C@@H](O)[C@H](C)[C@@H](O[C@@H]2O[C@H](C)[C@@H](OC(C)=O)[C@H](N(C)C)[C@H]2OC(C)=O)[C@@H](CC(OC)OC)C[C@@H](C)C(=O)/C=C/C(C)=C/[C@@H]1CI. The van der Waals surface area contributed by atoms with Crippen molar-refractivity contribution in [1.82, 2.24) is 4.90 Å². The average Bonchev–Trinajstić information content (AvgIpc) is 3.06. The zero-order valence-corrected chi connectivity index (χ0v) is 34.2. The Morgan fingerprint density at radius 2 is 1.63 bits per heavy atom. The normalized spacial score (nSPS) is 36.3. The molecule has 0 saturated carbocycles. The van der Waals surface area contributed by atoms with E-state index in [-0.39, 0.29) is 24.5 Å². The Morgan fingerprint density at radius 1 is 1.02 bits per heavy atom. The van der Waals surface area contributed by atoms with E-state index in [0.29, 0.717) is 17.3 Å². The Hall–Kier alpha value is -1.95. The lowest BCUT2D eigenvalue weighted by Crippen LogP contribution is -2.65. The van der Waals surface area contributed by atoms with Gasteiger partial charge in [0.15, 0.2) is 24.5 Å². The van der Waals surface area contributed by atoms with Gasteiger partial charge in [0, 0.05) is 56.7 Å². The van der Waals surface area contributed by atoms with Crippen molar-refractivity contribution >= 4 is 46.3 Å². The average molecular weight is 838 g/mol. The highest BCUT2D eigenvalue weighted by atomic mass is 127. The first kappa shape index (κ1) is 45.2. The fraction of sp³-hybridized carbons (Fsp3) is 0.784. The highest BCUT2D eigenvalue weighted by Crippen LogP contribution is 2.37. The molecule has 0 unspecified atom stereocenters. The topological polar surface area (TPSA) is 156 Å². The summed E-state index contributed by atoms with van der Waals surface area (Å²) < 4.78 is 42.4. The molecule has 51 heavy (non-hydrogen) atoms. The fourth-order valence-electron chi connectivity index (χ4n) is 6.94. The third-order valence-corrected chi connectivity index (χ3v) is 10.7. The standard InChI is InChI=1S/C37H60INO12/c1-12-30-27(19-38)15-20(2)13-14-28(42)21(3)16-26(17-32(45-10)46-11)34(22(4)29(43)18-31(44)50-30)51-37-36(49-25(7)41)33(39(8)9)35(23(5)47-37)48-24(6)40/h13-15,21-23,26-27,29-30,32-37,43H,12,16-19H2,1-11H3/b14-13+,20-15+/t21-,22+,23-,26-,27-,29-,30-,33+,34-,35-,36-,37+/m1/s1. The van der Waals surface area contributed by atoms with Crippen molar-refractivity contribution in [3.8, 4) is 0 Å². The zero-order chi connectivity index (χ0) is 38.6. The van der Waals surface area contributed by atoms with Crippen LogP contribution >= 0.6 is 22.6 Å². The molecule has 2 aliphatic rings. The summed E-state index contributed by atoms with van der Waals surface area (Å²) in [6.07, 6.45) is -0.845. The van der Waals surface area contributed by atoms with Crippen molar-refractivity contribution < 1.29 is 57.4 Å². The van der Waals surface area contributed by atoms with E-state index >= 15 is 0 Å². The summed E-state index contributed by atoms with van der Waals surface area (Å²) in [6.45, 7) is 11.7. The Bertz CT molecular complexity index is 1210. The number of aliphatic hydroxyl groups excluding tert-OH is 1. The highest BCUT2D eigenvalue weighted by Gasteiger charge is 2.51. The molecule has 1 N–H and O–H groups in total. The molecule has 0 aromatic heterocycles. The molecule has 0 aliphatic carbocycles. The van der Waals surface area contributed by atoms with Crippen LogP contribution in [0.3, 0.4) is 0 Å². The van der Waals surface area contributed by atoms with Gasteiger partial charge in [0.05, 0.1) is 30.8 Å². The smallest absolute Gasteiger partial charge is 0.308 e. The number of rotatable bonds is 11. The lowest BCUT2D eigenvalue weighted by atomic mass is 9.79. The molecule has 0 radical (unpaired) electrons. The number of carbonyl (C=O) groups is 4. The molecule has 14 heteroatoms. The van der Waals surface area contributed by atoms with Gasteiger partial charge in [-0.25, -0.2) is 0 Å². The Kier molecular flexibility index (Phi) is 19.2. The lowest BCUT2D eigenvalue weighted by Gasteiger charge is -2.48. The van der Waals surface area contributed by atoms with Gasteiger partial charge >= 0.3 is 17.9 Å². The number of nitrogens with zero attached hydrogens (tertiary/aromatic N) is 1. The van der Waals surface area contributed by atoms with Gasteiger partial charge in [0.2, 0.25) is 0 Å². The zero-order valence-electron chi connectivity index (χ0n) is 32.0. The van der Waals surface area contributed by atoms with E-state index < -0.39 is 90.9 Å².